The molecule has 1 fully saturated rings. The van der Waals surface area contributed by atoms with Gasteiger partial charge in [0.1, 0.15) is 0 Å². The highest BCUT2D eigenvalue weighted by molar-refractivity contribution is 14.0. The first kappa shape index (κ1) is 15.0. The molecule has 2 N–H and O–H groups in total. The van der Waals surface area contributed by atoms with Crippen molar-refractivity contribution in [3.8, 4) is 0 Å². The van der Waals surface area contributed by atoms with Crippen molar-refractivity contribution < 1.29 is 0 Å². The van der Waals surface area contributed by atoms with Gasteiger partial charge in [-0.2, -0.15) is 11.8 Å². The first-order valence-corrected chi connectivity index (χ1v) is 7.70. The second-order valence-corrected chi connectivity index (χ2v) is 6.12. The van der Waals surface area contributed by atoms with Gasteiger partial charge in [-0.3, -0.25) is 4.99 Å². The van der Waals surface area contributed by atoms with E-state index in [2.05, 4.69) is 34.2 Å². The number of aliphatic imine (C=N–C) groups is 1. The van der Waals surface area contributed by atoms with Crippen molar-refractivity contribution >= 4 is 41.7 Å². The fraction of sp³-hybridized carbons (Fsp3) is 0.500. The maximum absolute atomic E-state index is 6.06. The maximum atomic E-state index is 6.06. The van der Waals surface area contributed by atoms with Gasteiger partial charge in [0.25, 0.3) is 0 Å². The molecule has 5 heteroatoms. The summed E-state index contributed by atoms with van der Waals surface area (Å²) in [7, 11) is 0. The van der Waals surface area contributed by atoms with Gasteiger partial charge in [0.05, 0.1) is 0 Å². The molecule has 0 spiro atoms. The number of fused-ring (bicyclic) bond motifs is 1. The molecule has 3 rings (SSSR count). The first-order chi connectivity index (χ1) is 8.84. The minimum atomic E-state index is 0. The Morgan fingerprint density at radius 1 is 1.32 bits per heavy atom. The van der Waals surface area contributed by atoms with Crippen molar-refractivity contribution in [2.24, 2.45) is 10.7 Å². The molecule has 1 saturated heterocycles. The predicted molar refractivity (Wildman–Crippen MR) is 93.7 cm³/mol. The maximum Gasteiger partial charge on any atom is 0.191 e. The number of benzene rings is 1. The van der Waals surface area contributed by atoms with Crippen LogP contribution in [0.4, 0.5) is 0 Å². The minimum absolute atomic E-state index is 0. The van der Waals surface area contributed by atoms with Gasteiger partial charge in [0.2, 0.25) is 0 Å². The van der Waals surface area contributed by atoms with E-state index in [0.29, 0.717) is 5.92 Å². The molecular formula is C14H20IN3S. The van der Waals surface area contributed by atoms with Crippen LogP contribution in [0.3, 0.4) is 0 Å². The third-order valence-corrected chi connectivity index (χ3v) is 4.71. The summed E-state index contributed by atoms with van der Waals surface area (Å²) in [5.41, 5.74) is 9.00. The molecule has 1 aromatic rings. The fourth-order valence-electron chi connectivity index (χ4n) is 2.62. The van der Waals surface area contributed by atoms with E-state index in [1.807, 2.05) is 11.8 Å². The highest BCUT2D eigenvalue weighted by Gasteiger charge is 2.25. The van der Waals surface area contributed by atoms with Crippen LogP contribution >= 0.6 is 35.7 Å². The summed E-state index contributed by atoms with van der Waals surface area (Å²) in [6.07, 6.45) is 1.16. The Morgan fingerprint density at radius 3 is 2.79 bits per heavy atom. The van der Waals surface area contributed by atoms with Crippen molar-refractivity contribution in [3.05, 3.63) is 35.4 Å². The van der Waals surface area contributed by atoms with Crippen LogP contribution < -0.4 is 5.73 Å². The summed E-state index contributed by atoms with van der Waals surface area (Å²) >= 11 is 1.99. The summed E-state index contributed by atoms with van der Waals surface area (Å²) in [5.74, 6) is 3.66. The predicted octanol–water partition coefficient (Wildman–Crippen LogP) is 2.31. The lowest BCUT2D eigenvalue weighted by Gasteiger charge is -2.30. The van der Waals surface area contributed by atoms with Crippen LogP contribution in [-0.2, 0) is 6.42 Å². The zero-order valence-electron chi connectivity index (χ0n) is 10.9. The van der Waals surface area contributed by atoms with E-state index in [4.69, 9.17) is 5.73 Å². The van der Waals surface area contributed by atoms with Crippen LogP contribution in [0.1, 0.15) is 17.0 Å². The van der Waals surface area contributed by atoms with E-state index in [9.17, 15) is 0 Å². The standard InChI is InChI=1S/C14H19N3S.HI/c15-14(17-5-7-18-8-6-17)16-10-12-9-11-3-1-2-4-13(11)12;/h1-4,12H,5-10H2,(H2,15,16);1H. The average molecular weight is 389 g/mol. The van der Waals surface area contributed by atoms with Crippen LogP contribution in [0.5, 0.6) is 0 Å². The Hall–Kier alpha value is -0.430. The third kappa shape index (κ3) is 3.37. The van der Waals surface area contributed by atoms with E-state index in [-0.39, 0.29) is 24.0 Å². The molecule has 104 valence electrons. The average Bonchev–Trinajstić information content (AvgIpc) is 2.40. The number of nitrogens with zero attached hydrogens (tertiary/aromatic N) is 2. The van der Waals surface area contributed by atoms with E-state index in [1.54, 1.807) is 0 Å². The number of guanidine groups is 1. The smallest absolute Gasteiger partial charge is 0.191 e. The van der Waals surface area contributed by atoms with Gasteiger partial charge in [-0.25, -0.2) is 0 Å². The molecule has 3 nitrogen and oxygen atoms in total. The van der Waals surface area contributed by atoms with Crippen molar-refractivity contribution in [1.82, 2.24) is 4.90 Å². The lowest BCUT2D eigenvalue weighted by atomic mass is 9.78. The highest BCUT2D eigenvalue weighted by atomic mass is 127. The van der Waals surface area contributed by atoms with Crippen molar-refractivity contribution in [2.45, 2.75) is 12.3 Å². The monoisotopic (exact) mass is 389 g/mol. The molecule has 1 heterocycles. The summed E-state index contributed by atoms with van der Waals surface area (Å²) in [4.78, 5) is 6.79. The molecule has 1 unspecified atom stereocenters. The van der Waals surface area contributed by atoms with Gasteiger partial charge in [-0.05, 0) is 17.5 Å². The number of nitrogens with two attached hydrogens (primary N) is 1. The van der Waals surface area contributed by atoms with Crippen molar-refractivity contribution in [2.75, 3.05) is 31.1 Å². The van der Waals surface area contributed by atoms with E-state index in [1.165, 1.54) is 22.6 Å². The zero-order chi connectivity index (χ0) is 12.4. The third-order valence-electron chi connectivity index (χ3n) is 3.77. The molecule has 0 aromatic heterocycles. The summed E-state index contributed by atoms with van der Waals surface area (Å²) in [6.45, 7) is 2.93. The van der Waals surface area contributed by atoms with Gasteiger partial charge in [-0.1, -0.05) is 24.3 Å². The SMILES string of the molecule is I.NC(=NCC1Cc2ccccc21)N1CCSCC1. The molecule has 0 bridgehead atoms. The van der Waals surface area contributed by atoms with Crippen LogP contribution in [0.2, 0.25) is 0 Å². The molecule has 2 aliphatic rings. The number of hydrogen-bond donors (Lipinski definition) is 1. The second-order valence-electron chi connectivity index (χ2n) is 4.90. The van der Waals surface area contributed by atoms with Crippen LogP contribution in [0, 0.1) is 0 Å². The summed E-state index contributed by atoms with van der Waals surface area (Å²) in [5, 5.41) is 0. The molecule has 0 saturated carbocycles. The number of thioether (sulfide) groups is 1. The molecule has 1 atom stereocenters. The summed E-state index contributed by atoms with van der Waals surface area (Å²) < 4.78 is 0. The highest BCUT2D eigenvalue weighted by Crippen LogP contribution is 2.34. The van der Waals surface area contributed by atoms with Crippen LogP contribution in [0.25, 0.3) is 0 Å². The quantitative estimate of drug-likeness (QED) is 0.480. The Morgan fingerprint density at radius 2 is 2.05 bits per heavy atom. The van der Waals surface area contributed by atoms with E-state index >= 15 is 0 Å². The number of hydrogen-bond acceptors (Lipinski definition) is 2. The molecule has 0 amide bonds. The van der Waals surface area contributed by atoms with Crippen molar-refractivity contribution in [1.29, 1.82) is 0 Å². The fourth-order valence-corrected chi connectivity index (χ4v) is 3.52. The normalized spacial score (nSPS) is 22.2. The van der Waals surface area contributed by atoms with Gasteiger partial charge in [0.15, 0.2) is 5.96 Å². The van der Waals surface area contributed by atoms with Crippen molar-refractivity contribution in [3.63, 3.8) is 0 Å². The largest absolute Gasteiger partial charge is 0.370 e. The van der Waals surface area contributed by atoms with E-state index in [0.717, 1.165) is 32.0 Å². The van der Waals surface area contributed by atoms with Crippen LogP contribution in [-0.4, -0.2) is 42.0 Å². The molecule has 0 radical (unpaired) electrons. The Labute approximate surface area is 136 Å². The lowest BCUT2D eigenvalue weighted by Crippen LogP contribution is -2.43. The van der Waals surface area contributed by atoms with Gasteiger partial charge in [0, 0.05) is 37.1 Å². The Kier molecular flexibility index (Phi) is 5.38. The topological polar surface area (TPSA) is 41.6 Å². The first-order valence-electron chi connectivity index (χ1n) is 6.55. The number of halogens is 1. The molecule has 1 aromatic carbocycles. The van der Waals surface area contributed by atoms with E-state index < -0.39 is 0 Å². The Balaban J connectivity index is 0.00000133. The lowest BCUT2D eigenvalue weighted by molar-refractivity contribution is 0.453. The molecule has 19 heavy (non-hydrogen) atoms. The Bertz CT molecular complexity index is 458. The number of rotatable bonds is 2. The van der Waals surface area contributed by atoms with Crippen LogP contribution in [0.15, 0.2) is 29.3 Å². The second kappa shape index (κ2) is 6.83. The van der Waals surface area contributed by atoms with Gasteiger partial charge in [-0.15, -0.1) is 24.0 Å². The molecule has 1 aliphatic heterocycles. The molecule has 1 aliphatic carbocycles. The molecular weight excluding hydrogens is 369 g/mol. The van der Waals surface area contributed by atoms with Gasteiger partial charge >= 0.3 is 0 Å². The minimum Gasteiger partial charge on any atom is -0.370 e. The zero-order valence-corrected chi connectivity index (χ0v) is 14.1. The summed E-state index contributed by atoms with van der Waals surface area (Å²) in [6, 6.07) is 8.64. The van der Waals surface area contributed by atoms with Gasteiger partial charge < -0.3 is 10.6 Å².